The van der Waals surface area contributed by atoms with E-state index in [-0.39, 0.29) is 5.78 Å². The number of aryl methyl sites for hydroxylation is 2. The summed E-state index contributed by atoms with van der Waals surface area (Å²) in [6, 6.07) is 3.56. The number of carbonyl (C=O) groups excluding carboxylic acids is 1. The van der Waals surface area contributed by atoms with Crippen LogP contribution >= 0.6 is 0 Å². The van der Waals surface area contributed by atoms with Gasteiger partial charge in [-0.05, 0) is 19.1 Å². The summed E-state index contributed by atoms with van der Waals surface area (Å²) in [6.45, 7) is 5.58. The molecule has 0 N–H and O–H groups in total. The predicted molar refractivity (Wildman–Crippen MR) is 67.9 cm³/mol. The zero-order valence-electron chi connectivity index (χ0n) is 10.8. The molecule has 0 radical (unpaired) electrons. The maximum atomic E-state index is 11.2. The molecule has 0 saturated heterocycles. The molecule has 0 saturated carbocycles. The number of ketones is 1. The Morgan fingerprint density at radius 1 is 1.28 bits per heavy atom. The molecular formula is C13H16N4O. The molecule has 0 aliphatic heterocycles. The molecule has 0 aliphatic carbocycles. The highest BCUT2D eigenvalue weighted by Crippen LogP contribution is 2.10. The normalized spacial score (nSPS) is 10.6. The van der Waals surface area contributed by atoms with Crippen molar-refractivity contribution in [2.75, 3.05) is 0 Å². The smallest absolute Gasteiger partial charge is 0.161 e. The van der Waals surface area contributed by atoms with Crippen LogP contribution in [0, 0.1) is 0 Å². The van der Waals surface area contributed by atoms with Crippen molar-refractivity contribution in [3.8, 4) is 5.82 Å². The summed E-state index contributed by atoms with van der Waals surface area (Å²) < 4.78 is 1.74. The van der Waals surface area contributed by atoms with Gasteiger partial charge in [0, 0.05) is 24.6 Å². The molecule has 2 aromatic heterocycles. The summed E-state index contributed by atoms with van der Waals surface area (Å²) in [4.78, 5) is 19.9. The summed E-state index contributed by atoms with van der Waals surface area (Å²) in [5.74, 6) is 2.40. The molecule has 0 fully saturated rings. The van der Waals surface area contributed by atoms with Gasteiger partial charge in [0.05, 0.1) is 0 Å². The lowest BCUT2D eigenvalue weighted by molar-refractivity contribution is 0.101. The van der Waals surface area contributed by atoms with Gasteiger partial charge in [-0.25, -0.2) is 9.97 Å². The molecular weight excluding hydrogens is 228 g/mol. The minimum atomic E-state index is 0.0117. The highest BCUT2D eigenvalue weighted by Gasteiger charge is 2.10. The van der Waals surface area contributed by atoms with E-state index in [9.17, 15) is 4.79 Å². The highest BCUT2D eigenvalue weighted by molar-refractivity contribution is 5.93. The second kappa shape index (κ2) is 5.08. The van der Waals surface area contributed by atoms with E-state index >= 15 is 0 Å². The summed E-state index contributed by atoms with van der Waals surface area (Å²) in [6.07, 6.45) is 3.17. The summed E-state index contributed by atoms with van der Waals surface area (Å²) >= 11 is 0. The molecule has 5 nitrogen and oxygen atoms in total. The quantitative estimate of drug-likeness (QED) is 0.772. The zero-order valence-corrected chi connectivity index (χ0v) is 10.8. The molecule has 0 spiro atoms. The van der Waals surface area contributed by atoms with Gasteiger partial charge in [-0.1, -0.05) is 13.8 Å². The number of nitrogens with zero attached hydrogens (tertiary/aromatic N) is 4. The van der Waals surface area contributed by atoms with Gasteiger partial charge in [0.15, 0.2) is 17.4 Å². The third-order valence-corrected chi connectivity index (χ3v) is 2.72. The van der Waals surface area contributed by atoms with Crippen LogP contribution in [0.5, 0.6) is 0 Å². The second-order valence-electron chi connectivity index (χ2n) is 4.02. The highest BCUT2D eigenvalue weighted by atomic mass is 16.1. The summed E-state index contributed by atoms with van der Waals surface area (Å²) in [7, 11) is 0. The van der Waals surface area contributed by atoms with Crippen LogP contribution < -0.4 is 0 Å². The number of aromatic nitrogens is 4. The van der Waals surface area contributed by atoms with E-state index in [1.807, 2.05) is 13.8 Å². The van der Waals surface area contributed by atoms with Crippen molar-refractivity contribution in [2.24, 2.45) is 0 Å². The Kier molecular flexibility index (Phi) is 3.50. The van der Waals surface area contributed by atoms with Crippen LogP contribution in [0.1, 0.15) is 42.8 Å². The minimum Gasteiger partial charge on any atom is -0.294 e. The van der Waals surface area contributed by atoms with Crippen LogP contribution in [-0.4, -0.2) is 25.5 Å². The lowest BCUT2D eigenvalue weighted by Crippen LogP contribution is -2.05. The third kappa shape index (κ3) is 2.30. The lowest BCUT2D eigenvalue weighted by atomic mass is 10.2. The molecule has 94 valence electrons. The van der Waals surface area contributed by atoms with Crippen molar-refractivity contribution in [3.05, 3.63) is 35.5 Å². The number of Topliss-reactive ketones (excluding diaryl/α,β-unsaturated/α-hetero) is 1. The SMILES string of the molecule is CCc1nc(CC)n(-c2ccc(C(C)=O)cn2)n1. The lowest BCUT2D eigenvalue weighted by Gasteiger charge is -2.03. The molecule has 0 aromatic carbocycles. The van der Waals surface area contributed by atoms with Crippen LogP contribution in [-0.2, 0) is 12.8 Å². The van der Waals surface area contributed by atoms with Gasteiger partial charge >= 0.3 is 0 Å². The average molecular weight is 244 g/mol. The first-order valence-corrected chi connectivity index (χ1v) is 6.07. The van der Waals surface area contributed by atoms with E-state index in [0.29, 0.717) is 11.4 Å². The van der Waals surface area contributed by atoms with E-state index in [4.69, 9.17) is 0 Å². The van der Waals surface area contributed by atoms with Crippen LogP contribution in [0.4, 0.5) is 0 Å². The Labute approximate surface area is 106 Å². The molecule has 2 heterocycles. The number of pyridine rings is 1. The fraction of sp³-hybridized carbons (Fsp3) is 0.385. The number of hydrogen-bond donors (Lipinski definition) is 0. The first-order valence-electron chi connectivity index (χ1n) is 6.07. The third-order valence-electron chi connectivity index (χ3n) is 2.72. The second-order valence-corrected chi connectivity index (χ2v) is 4.02. The van der Waals surface area contributed by atoms with Crippen molar-refractivity contribution >= 4 is 5.78 Å². The Hall–Kier alpha value is -2.04. The Bertz CT molecular complexity index is 557. The van der Waals surface area contributed by atoms with Crippen LogP contribution in [0.3, 0.4) is 0 Å². The molecule has 0 atom stereocenters. The fourth-order valence-corrected chi connectivity index (χ4v) is 1.67. The summed E-state index contributed by atoms with van der Waals surface area (Å²) in [5, 5.41) is 4.40. The summed E-state index contributed by atoms with van der Waals surface area (Å²) in [5.41, 5.74) is 0.604. The number of hydrogen-bond acceptors (Lipinski definition) is 4. The topological polar surface area (TPSA) is 60.7 Å². The van der Waals surface area contributed by atoms with Gasteiger partial charge in [-0.2, -0.15) is 4.68 Å². The van der Waals surface area contributed by atoms with Gasteiger partial charge in [0.2, 0.25) is 0 Å². The number of carbonyl (C=O) groups is 1. The van der Waals surface area contributed by atoms with Gasteiger partial charge in [0.1, 0.15) is 5.82 Å². The van der Waals surface area contributed by atoms with Crippen LogP contribution in [0.2, 0.25) is 0 Å². The Morgan fingerprint density at radius 2 is 2.06 bits per heavy atom. The van der Waals surface area contributed by atoms with Crippen LogP contribution in [0.25, 0.3) is 5.82 Å². The maximum absolute atomic E-state index is 11.2. The number of rotatable bonds is 4. The molecule has 5 heteroatoms. The minimum absolute atomic E-state index is 0.0117. The first-order chi connectivity index (χ1) is 8.65. The van der Waals surface area contributed by atoms with Crippen molar-refractivity contribution in [1.29, 1.82) is 0 Å². The van der Waals surface area contributed by atoms with Gasteiger partial charge < -0.3 is 0 Å². The van der Waals surface area contributed by atoms with Gasteiger partial charge in [-0.3, -0.25) is 4.79 Å². The van der Waals surface area contributed by atoms with E-state index in [2.05, 4.69) is 15.1 Å². The molecule has 0 aliphatic rings. The molecule has 0 unspecified atom stereocenters. The van der Waals surface area contributed by atoms with Crippen molar-refractivity contribution in [3.63, 3.8) is 0 Å². The molecule has 2 aromatic rings. The van der Waals surface area contributed by atoms with E-state index in [0.717, 1.165) is 24.5 Å². The Morgan fingerprint density at radius 3 is 2.56 bits per heavy atom. The standard InChI is InChI=1S/C13H16N4O/c1-4-11-15-12(5-2)17(16-11)13-7-6-10(8-14-13)9(3)18/h6-8H,4-5H2,1-3H3. The van der Waals surface area contributed by atoms with E-state index in [1.165, 1.54) is 6.92 Å². The van der Waals surface area contributed by atoms with Crippen molar-refractivity contribution in [1.82, 2.24) is 19.7 Å². The monoisotopic (exact) mass is 244 g/mol. The van der Waals surface area contributed by atoms with Crippen molar-refractivity contribution < 1.29 is 4.79 Å². The zero-order chi connectivity index (χ0) is 13.1. The van der Waals surface area contributed by atoms with E-state index < -0.39 is 0 Å². The maximum Gasteiger partial charge on any atom is 0.161 e. The predicted octanol–water partition coefficient (Wildman–Crippen LogP) is 1.99. The fourth-order valence-electron chi connectivity index (χ4n) is 1.67. The van der Waals surface area contributed by atoms with Gasteiger partial charge in [0.25, 0.3) is 0 Å². The Balaban J connectivity index is 2.41. The average Bonchev–Trinajstić information content (AvgIpc) is 2.82. The van der Waals surface area contributed by atoms with E-state index in [1.54, 1.807) is 23.0 Å². The molecule has 0 bridgehead atoms. The molecule has 0 amide bonds. The van der Waals surface area contributed by atoms with Crippen molar-refractivity contribution in [2.45, 2.75) is 33.6 Å². The molecule has 18 heavy (non-hydrogen) atoms. The molecule has 2 rings (SSSR count). The van der Waals surface area contributed by atoms with Gasteiger partial charge in [-0.15, -0.1) is 5.10 Å². The van der Waals surface area contributed by atoms with Crippen LogP contribution in [0.15, 0.2) is 18.3 Å². The first kappa shape index (κ1) is 12.4. The largest absolute Gasteiger partial charge is 0.294 e.